The maximum absolute atomic E-state index is 13.5. The third kappa shape index (κ3) is 5.17. The molecule has 31 heavy (non-hydrogen) atoms. The highest BCUT2D eigenvalue weighted by molar-refractivity contribution is 6.34. The summed E-state index contributed by atoms with van der Waals surface area (Å²) in [6, 6.07) is 10.1. The van der Waals surface area contributed by atoms with Gasteiger partial charge in [-0.1, -0.05) is 6.07 Å². The molecule has 1 aromatic carbocycles. The van der Waals surface area contributed by atoms with Crippen molar-refractivity contribution in [2.75, 3.05) is 18.0 Å². The molecule has 1 N–H and O–H groups in total. The Kier molecular flexibility index (Phi) is 6.11. The molecular formula is C22H22BFN4O3. The molecule has 2 aromatic heterocycles. The molecule has 0 atom stereocenters. The molecule has 0 radical (unpaired) electrons. The van der Waals surface area contributed by atoms with E-state index in [4.69, 9.17) is 9.84 Å². The summed E-state index contributed by atoms with van der Waals surface area (Å²) < 4.78 is 19.5. The number of hydrogen-bond donors (Lipinski definition) is 1. The van der Waals surface area contributed by atoms with Crippen LogP contribution < -0.4 is 15.1 Å². The van der Waals surface area contributed by atoms with Gasteiger partial charge in [0.15, 0.2) is 5.82 Å². The van der Waals surface area contributed by atoms with Gasteiger partial charge in [-0.3, -0.25) is 9.78 Å². The second kappa shape index (κ2) is 9.12. The first-order valence-electron chi connectivity index (χ1n) is 10.2. The molecule has 158 valence electrons. The number of carboxylic acid groups (broad SMARTS) is 1. The molecular weight excluding hydrogens is 398 g/mol. The van der Waals surface area contributed by atoms with Crippen molar-refractivity contribution in [2.24, 2.45) is 0 Å². The molecule has 1 aliphatic heterocycles. The van der Waals surface area contributed by atoms with Crippen molar-refractivity contribution in [3.63, 3.8) is 0 Å². The Bertz CT molecular complexity index is 1070. The minimum atomic E-state index is -0.902. The number of ether oxygens (including phenoxy) is 1. The zero-order valence-electron chi connectivity index (χ0n) is 17.2. The summed E-state index contributed by atoms with van der Waals surface area (Å²) in [5, 5.41) is 17.6. The number of rotatable bonds is 6. The van der Waals surface area contributed by atoms with Crippen LogP contribution in [0.5, 0.6) is 5.75 Å². The number of aliphatic carboxylic acids is 1. The molecule has 9 heteroatoms. The van der Waals surface area contributed by atoms with Crippen molar-refractivity contribution in [1.82, 2.24) is 15.2 Å². The summed E-state index contributed by atoms with van der Waals surface area (Å²) in [6.45, 7) is 1.53. The van der Waals surface area contributed by atoms with Gasteiger partial charge in [-0.2, -0.15) is 0 Å². The van der Waals surface area contributed by atoms with Crippen LogP contribution in [0.2, 0.25) is 0 Å². The number of hydrogen-bond acceptors (Lipinski definition) is 6. The van der Waals surface area contributed by atoms with E-state index in [1.54, 1.807) is 18.3 Å². The predicted molar refractivity (Wildman–Crippen MR) is 117 cm³/mol. The Labute approximate surface area is 180 Å². The maximum Gasteiger partial charge on any atom is 0.307 e. The molecule has 7 nitrogen and oxygen atoms in total. The third-order valence-electron chi connectivity index (χ3n) is 5.31. The minimum absolute atomic E-state index is 0.0343. The van der Waals surface area contributed by atoms with Crippen LogP contribution in [-0.2, 0) is 11.2 Å². The molecule has 0 unspecified atom stereocenters. The van der Waals surface area contributed by atoms with Gasteiger partial charge in [-0.05, 0) is 35.3 Å². The summed E-state index contributed by atoms with van der Waals surface area (Å²) in [7, 11) is 1.91. The number of anilines is 1. The SMILES string of the molecule is Bc1ccc(F)cc1OC1CCN(c2ccc(-c3cncc(CC(=O)O)c3)nn2)CC1. The molecule has 1 saturated heterocycles. The quantitative estimate of drug-likeness (QED) is 0.607. The highest BCUT2D eigenvalue weighted by Crippen LogP contribution is 2.23. The van der Waals surface area contributed by atoms with Gasteiger partial charge in [-0.25, -0.2) is 4.39 Å². The number of carboxylic acids is 1. The van der Waals surface area contributed by atoms with E-state index in [9.17, 15) is 9.18 Å². The van der Waals surface area contributed by atoms with E-state index in [1.165, 1.54) is 18.3 Å². The van der Waals surface area contributed by atoms with Crippen molar-refractivity contribution in [1.29, 1.82) is 0 Å². The Morgan fingerprint density at radius 3 is 2.68 bits per heavy atom. The van der Waals surface area contributed by atoms with Crippen molar-refractivity contribution in [2.45, 2.75) is 25.4 Å². The largest absolute Gasteiger partial charge is 0.491 e. The number of piperidine rings is 1. The number of nitrogens with zero attached hydrogens (tertiary/aromatic N) is 4. The third-order valence-corrected chi connectivity index (χ3v) is 5.31. The maximum atomic E-state index is 13.5. The molecule has 0 aliphatic carbocycles. The molecule has 0 amide bonds. The second-order valence-electron chi connectivity index (χ2n) is 7.64. The molecule has 1 fully saturated rings. The fourth-order valence-corrected chi connectivity index (χ4v) is 3.63. The lowest BCUT2D eigenvalue weighted by Crippen LogP contribution is -2.39. The standard InChI is InChI=1S/C22H22BFN4O3/c23-18-2-1-16(24)11-20(18)31-17-5-7-28(8-6-17)21-4-3-19(26-27-21)15-9-14(10-22(29)30)12-25-13-15/h1-4,9,11-13,17H,5-8,10,23H2,(H,29,30). The van der Waals surface area contributed by atoms with E-state index in [2.05, 4.69) is 20.1 Å². The van der Waals surface area contributed by atoms with Crippen LogP contribution in [0.1, 0.15) is 18.4 Å². The van der Waals surface area contributed by atoms with Gasteiger partial charge >= 0.3 is 5.97 Å². The molecule has 0 saturated carbocycles. The molecule has 3 heterocycles. The number of halogens is 1. The molecule has 0 spiro atoms. The monoisotopic (exact) mass is 420 g/mol. The van der Waals surface area contributed by atoms with Crippen molar-refractivity contribution >= 4 is 25.1 Å². The van der Waals surface area contributed by atoms with Crippen molar-refractivity contribution in [3.8, 4) is 17.0 Å². The van der Waals surface area contributed by atoms with Gasteiger partial charge < -0.3 is 14.7 Å². The van der Waals surface area contributed by atoms with Crippen LogP contribution in [0.3, 0.4) is 0 Å². The minimum Gasteiger partial charge on any atom is -0.491 e. The Morgan fingerprint density at radius 2 is 1.97 bits per heavy atom. The average Bonchev–Trinajstić information content (AvgIpc) is 2.77. The Morgan fingerprint density at radius 1 is 1.16 bits per heavy atom. The fourth-order valence-electron chi connectivity index (χ4n) is 3.63. The highest BCUT2D eigenvalue weighted by atomic mass is 19.1. The van der Waals surface area contributed by atoms with Crippen LogP contribution in [0.25, 0.3) is 11.3 Å². The van der Waals surface area contributed by atoms with Gasteiger partial charge in [0.2, 0.25) is 0 Å². The van der Waals surface area contributed by atoms with Gasteiger partial charge in [0, 0.05) is 50.0 Å². The zero-order chi connectivity index (χ0) is 21.8. The van der Waals surface area contributed by atoms with Gasteiger partial charge in [-0.15, -0.1) is 10.2 Å². The van der Waals surface area contributed by atoms with Gasteiger partial charge in [0.1, 0.15) is 25.5 Å². The van der Waals surface area contributed by atoms with E-state index >= 15 is 0 Å². The summed E-state index contributed by atoms with van der Waals surface area (Å²) in [5.41, 5.74) is 2.91. The van der Waals surface area contributed by atoms with Crippen LogP contribution in [0, 0.1) is 5.82 Å². The van der Waals surface area contributed by atoms with Crippen molar-refractivity contribution < 1.29 is 19.0 Å². The van der Waals surface area contributed by atoms with Crippen LogP contribution in [0.15, 0.2) is 48.8 Å². The smallest absolute Gasteiger partial charge is 0.307 e. The number of carbonyl (C=O) groups is 1. The van der Waals surface area contributed by atoms with Crippen LogP contribution in [-0.4, -0.2) is 53.3 Å². The zero-order valence-corrected chi connectivity index (χ0v) is 17.2. The predicted octanol–water partition coefficient (Wildman–Crippen LogP) is 1.61. The van der Waals surface area contributed by atoms with E-state index < -0.39 is 5.97 Å². The lowest BCUT2D eigenvalue weighted by atomic mass is 9.95. The summed E-state index contributed by atoms with van der Waals surface area (Å²) in [6.07, 6.45) is 4.75. The fraction of sp³-hybridized carbons (Fsp3) is 0.273. The van der Waals surface area contributed by atoms with E-state index in [-0.39, 0.29) is 18.3 Å². The topological polar surface area (TPSA) is 88.4 Å². The second-order valence-corrected chi connectivity index (χ2v) is 7.64. The average molecular weight is 420 g/mol. The van der Waals surface area contributed by atoms with Crippen LogP contribution >= 0.6 is 0 Å². The molecule has 1 aliphatic rings. The first-order valence-corrected chi connectivity index (χ1v) is 10.2. The summed E-state index contributed by atoms with van der Waals surface area (Å²) >= 11 is 0. The highest BCUT2D eigenvalue weighted by Gasteiger charge is 2.22. The normalized spacial score (nSPS) is 14.4. The van der Waals surface area contributed by atoms with Crippen molar-refractivity contribution in [3.05, 3.63) is 60.2 Å². The Hall–Kier alpha value is -3.49. The number of benzene rings is 1. The first kappa shape index (κ1) is 20.8. The molecule has 4 rings (SSSR count). The summed E-state index contributed by atoms with van der Waals surface area (Å²) in [4.78, 5) is 17.2. The van der Waals surface area contributed by atoms with E-state index in [0.29, 0.717) is 17.0 Å². The Balaban J connectivity index is 1.37. The van der Waals surface area contributed by atoms with E-state index in [0.717, 1.165) is 42.8 Å². The number of aromatic nitrogens is 3. The molecule has 3 aromatic rings. The van der Waals surface area contributed by atoms with Gasteiger partial charge in [0.05, 0.1) is 12.1 Å². The van der Waals surface area contributed by atoms with E-state index in [1.807, 2.05) is 20.0 Å². The first-order chi connectivity index (χ1) is 15.0. The summed E-state index contributed by atoms with van der Waals surface area (Å²) in [5.74, 6) is 0.178. The van der Waals surface area contributed by atoms with Gasteiger partial charge in [0.25, 0.3) is 0 Å². The number of pyridine rings is 1. The van der Waals surface area contributed by atoms with Crippen LogP contribution in [0.4, 0.5) is 10.2 Å². The lowest BCUT2D eigenvalue weighted by Gasteiger charge is -2.33. The lowest BCUT2D eigenvalue weighted by molar-refractivity contribution is -0.136. The molecule has 0 bridgehead atoms.